The normalized spacial score (nSPS) is 22.0. The van der Waals surface area contributed by atoms with Gasteiger partial charge in [0, 0.05) is 43.2 Å². The molecule has 28 heavy (non-hydrogen) atoms. The average molecular weight is 404 g/mol. The molecule has 1 aromatic carbocycles. The summed E-state index contributed by atoms with van der Waals surface area (Å²) in [5.41, 5.74) is 1.18. The van der Waals surface area contributed by atoms with Crippen molar-refractivity contribution in [1.29, 1.82) is 5.26 Å². The third-order valence-corrected chi connectivity index (χ3v) is 6.40. The Morgan fingerprint density at radius 2 is 2.11 bits per heavy atom. The summed E-state index contributed by atoms with van der Waals surface area (Å²) in [4.78, 5) is 17.6. The van der Waals surface area contributed by atoms with Gasteiger partial charge in [0.1, 0.15) is 6.07 Å². The van der Waals surface area contributed by atoms with E-state index in [-0.39, 0.29) is 11.3 Å². The molecule has 152 valence electrons. The predicted molar refractivity (Wildman–Crippen MR) is 112 cm³/mol. The maximum absolute atomic E-state index is 13.3. The molecule has 1 aromatic rings. The molecule has 2 aliphatic rings. The molecule has 0 N–H and O–H groups in total. The third-order valence-electron chi connectivity index (χ3n) is 6.17. The van der Waals surface area contributed by atoms with Gasteiger partial charge in [-0.15, -0.1) is 0 Å². The second-order valence-corrected chi connectivity index (χ2v) is 8.68. The molecule has 1 unspecified atom stereocenters. The number of carbonyl (C=O) groups excluding carboxylic acids is 1. The Bertz CT molecular complexity index is 738. The highest BCUT2D eigenvalue weighted by molar-refractivity contribution is 6.30. The summed E-state index contributed by atoms with van der Waals surface area (Å²) >= 11 is 6.02. The van der Waals surface area contributed by atoms with Crippen LogP contribution in [0.2, 0.25) is 5.02 Å². The second-order valence-electron chi connectivity index (χ2n) is 8.24. The Labute approximate surface area is 173 Å². The van der Waals surface area contributed by atoms with Gasteiger partial charge in [-0.2, -0.15) is 5.26 Å². The summed E-state index contributed by atoms with van der Waals surface area (Å²) in [6.45, 7) is 8.81. The number of anilines is 1. The highest BCUT2D eigenvalue weighted by Gasteiger charge is 2.41. The molecule has 0 spiro atoms. The second kappa shape index (κ2) is 9.15. The molecular formula is C22H30ClN3O2. The average Bonchev–Trinajstić information content (AvgIpc) is 2.72. The van der Waals surface area contributed by atoms with Crippen LogP contribution in [0.25, 0.3) is 0 Å². The molecule has 0 aliphatic carbocycles. The zero-order valence-electron chi connectivity index (χ0n) is 16.9. The lowest BCUT2D eigenvalue weighted by atomic mass is 9.78. The number of hydrogen-bond acceptors (Lipinski definition) is 4. The molecule has 0 radical (unpaired) electrons. The van der Waals surface area contributed by atoms with Gasteiger partial charge < -0.3 is 14.5 Å². The van der Waals surface area contributed by atoms with Crippen molar-refractivity contribution in [3.63, 3.8) is 0 Å². The molecule has 6 heteroatoms. The third kappa shape index (κ3) is 4.61. The zero-order chi connectivity index (χ0) is 20.1. The van der Waals surface area contributed by atoms with Gasteiger partial charge in [-0.1, -0.05) is 18.5 Å². The van der Waals surface area contributed by atoms with Gasteiger partial charge in [0.25, 0.3) is 0 Å². The Hall–Kier alpha value is -1.77. The van der Waals surface area contributed by atoms with E-state index in [0.717, 1.165) is 70.8 Å². The van der Waals surface area contributed by atoms with Crippen molar-refractivity contribution >= 4 is 23.2 Å². The first-order valence-electron chi connectivity index (χ1n) is 10.3. The van der Waals surface area contributed by atoms with Crippen molar-refractivity contribution < 1.29 is 9.53 Å². The Balaban J connectivity index is 1.63. The van der Waals surface area contributed by atoms with Gasteiger partial charge in [0.2, 0.25) is 5.91 Å². The van der Waals surface area contributed by atoms with Crippen LogP contribution in [0.4, 0.5) is 5.69 Å². The van der Waals surface area contributed by atoms with E-state index in [2.05, 4.69) is 22.8 Å². The summed E-state index contributed by atoms with van der Waals surface area (Å²) in [7, 11) is 0. The maximum Gasteiger partial charge on any atom is 0.228 e. The van der Waals surface area contributed by atoms with Crippen LogP contribution in [0.1, 0.15) is 45.1 Å². The van der Waals surface area contributed by atoms with E-state index >= 15 is 0 Å². The highest BCUT2D eigenvalue weighted by Crippen LogP contribution is 2.37. The van der Waals surface area contributed by atoms with Crippen LogP contribution in [-0.4, -0.2) is 50.2 Å². The van der Waals surface area contributed by atoms with Crippen molar-refractivity contribution in [2.75, 3.05) is 44.3 Å². The van der Waals surface area contributed by atoms with Crippen LogP contribution < -0.4 is 4.90 Å². The van der Waals surface area contributed by atoms with Crippen molar-refractivity contribution in [3.05, 3.63) is 28.8 Å². The van der Waals surface area contributed by atoms with E-state index in [1.165, 1.54) is 0 Å². The molecule has 2 fully saturated rings. The number of likely N-dealkylation sites (tertiary alicyclic amines) is 1. The fourth-order valence-electron chi connectivity index (χ4n) is 4.38. The number of hydrogen-bond donors (Lipinski definition) is 0. The van der Waals surface area contributed by atoms with Crippen LogP contribution in [0, 0.1) is 22.7 Å². The minimum absolute atomic E-state index is 0.282. The fraction of sp³-hybridized carbons (Fsp3) is 0.636. The number of carbonyl (C=O) groups is 1. The molecule has 0 bridgehead atoms. The SMILES string of the molecule is CCOCC1CCCN(C(=O)C2(C)CCN(c3ccc(Cl)cc3C#N)CC2)C1. The molecule has 1 atom stereocenters. The van der Waals surface area contributed by atoms with Crippen molar-refractivity contribution in [2.45, 2.75) is 39.5 Å². The lowest BCUT2D eigenvalue weighted by molar-refractivity contribution is -0.144. The molecule has 5 nitrogen and oxygen atoms in total. The molecule has 0 aromatic heterocycles. The molecule has 2 saturated heterocycles. The molecular weight excluding hydrogens is 374 g/mol. The van der Waals surface area contributed by atoms with Crippen LogP contribution in [0.3, 0.4) is 0 Å². The summed E-state index contributed by atoms with van der Waals surface area (Å²) in [6.07, 6.45) is 3.79. The number of nitrogens with zero attached hydrogens (tertiary/aromatic N) is 3. The van der Waals surface area contributed by atoms with Gasteiger partial charge in [0.15, 0.2) is 0 Å². The van der Waals surface area contributed by atoms with Gasteiger partial charge in [-0.25, -0.2) is 0 Å². The van der Waals surface area contributed by atoms with Crippen molar-refractivity contribution in [3.8, 4) is 6.07 Å². The van der Waals surface area contributed by atoms with E-state index < -0.39 is 0 Å². The Kier molecular flexibility index (Phi) is 6.85. The van der Waals surface area contributed by atoms with Gasteiger partial charge in [-0.3, -0.25) is 4.79 Å². The first kappa shape index (κ1) is 21.0. The summed E-state index contributed by atoms with van der Waals surface area (Å²) in [6, 6.07) is 7.68. The summed E-state index contributed by atoms with van der Waals surface area (Å²) < 4.78 is 5.58. The standard InChI is InChI=1S/C22H30ClN3O2/c1-3-28-16-17-5-4-10-26(15-17)21(27)22(2)8-11-25(12-9-22)20-7-6-19(23)13-18(20)14-24/h6-7,13,17H,3-5,8-12,15-16H2,1-2H3. The summed E-state index contributed by atoms with van der Waals surface area (Å²) in [5.74, 6) is 0.735. The molecule has 1 amide bonds. The first-order valence-corrected chi connectivity index (χ1v) is 10.7. The highest BCUT2D eigenvalue weighted by atomic mass is 35.5. The number of piperidine rings is 2. The topological polar surface area (TPSA) is 56.6 Å². The number of halogens is 1. The quantitative estimate of drug-likeness (QED) is 0.742. The first-order chi connectivity index (χ1) is 13.5. The molecule has 3 rings (SSSR count). The number of ether oxygens (including phenoxy) is 1. The maximum atomic E-state index is 13.3. The van der Waals surface area contributed by atoms with Gasteiger partial charge >= 0.3 is 0 Å². The van der Waals surface area contributed by atoms with E-state index in [4.69, 9.17) is 16.3 Å². The van der Waals surface area contributed by atoms with E-state index in [1.54, 1.807) is 6.07 Å². The Morgan fingerprint density at radius 3 is 2.79 bits per heavy atom. The minimum atomic E-state index is -0.330. The largest absolute Gasteiger partial charge is 0.381 e. The smallest absolute Gasteiger partial charge is 0.228 e. The minimum Gasteiger partial charge on any atom is -0.381 e. The number of rotatable bonds is 5. The van der Waals surface area contributed by atoms with Crippen LogP contribution >= 0.6 is 11.6 Å². The van der Waals surface area contributed by atoms with Gasteiger partial charge in [-0.05, 0) is 56.7 Å². The van der Waals surface area contributed by atoms with E-state index in [9.17, 15) is 10.1 Å². The molecule has 0 saturated carbocycles. The number of amides is 1. The van der Waals surface area contributed by atoms with E-state index in [1.807, 2.05) is 19.1 Å². The molecule has 2 heterocycles. The number of nitriles is 1. The van der Waals surface area contributed by atoms with Crippen LogP contribution in [-0.2, 0) is 9.53 Å². The number of benzene rings is 1. The van der Waals surface area contributed by atoms with Crippen molar-refractivity contribution in [2.24, 2.45) is 11.3 Å². The van der Waals surface area contributed by atoms with Crippen LogP contribution in [0.5, 0.6) is 0 Å². The van der Waals surface area contributed by atoms with Crippen molar-refractivity contribution in [1.82, 2.24) is 4.90 Å². The van der Waals surface area contributed by atoms with E-state index in [0.29, 0.717) is 16.5 Å². The lowest BCUT2D eigenvalue weighted by Crippen LogP contribution is -2.51. The van der Waals surface area contributed by atoms with Gasteiger partial charge in [0.05, 0.1) is 17.9 Å². The predicted octanol–water partition coefficient (Wildman–Crippen LogP) is 4.09. The monoisotopic (exact) mass is 403 g/mol. The molecule has 2 aliphatic heterocycles. The lowest BCUT2D eigenvalue weighted by Gasteiger charge is -2.43. The zero-order valence-corrected chi connectivity index (χ0v) is 17.7. The van der Waals surface area contributed by atoms with Crippen LogP contribution in [0.15, 0.2) is 18.2 Å². The summed E-state index contributed by atoms with van der Waals surface area (Å²) in [5, 5.41) is 9.99. The Morgan fingerprint density at radius 1 is 1.36 bits per heavy atom. The fourth-order valence-corrected chi connectivity index (χ4v) is 4.55.